The number of amides is 2. The molecule has 4 rings (SSSR count). The monoisotopic (exact) mass is 369 g/mol. The number of carbonyl (C=O) groups excluding carboxylic acids is 1. The minimum atomic E-state index is -0.0408. The van der Waals surface area contributed by atoms with Gasteiger partial charge in [-0.2, -0.15) is 0 Å². The molecule has 2 saturated heterocycles. The average molecular weight is 369 g/mol. The summed E-state index contributed by atoms with van der Waals surface area (Å²) in [5.74, 6) is 0. The van der Waals surface area contributed by atoms with E-state index in [0.717, 1.165) is 82.2 Å². The van der Waals surface area contributed by atoms with Crippen molar-refractivity contribution >= 4 is 22.6 Å². The third kappa shape index (κ3) is 4.55. The van der Waals surface area contributed by atoms with Crippen molar-refractivity contribution in [3.63, 3.8) is 0 Å². The van der Waals surface area contributed by atoms with Crippen LogP contribution in [0.5, 0.6) is 0 Å². The fourth-order valence-electron chi connectivity index (χ4n) is 3.68. The molecular formula is C20H27N5O2. The Morgan fingerprint density at radius 3 is 2.44 bits per heavy atom. The SMILES string of the molecule is O=C(Nc1cccc2cccnc12)N1CCN(CCN2CCOCC2)CC1. The molecule has 7 nitrogen and oxygen atoms in total. The van der Waals surface area contributed by atoms with Gasteiger partial charge in [0.25, 0.3) is 0 Å². The minimum absolute atomic E-state index is 0.0408. The molecule has 2 amide bonds. The molecule has 3 heterocycles. The van der Waals surface area contributed by atoms with Crippen molar-refractivity contribution in [1.29, 1.82) is 0 Å². The number of para-hydroxylation sites is 1. The Balaban J connectivity index is 1.27. The van der Waals surface area contributed by atoms with E-state index >= 15 is 0 Å². The Morgan fingerprint density at radius 1 is 0.963 bits per heavy atom. The number of urea groups is 1. The van der Waals surface area contributed by atoms with Crippen molar-refractivity contribution in [2.75, 3.05) is 70.9 Å². The fraction of sp³-hybridized carbons (Fsp3) is 0.500. The molecule has 0 unspecified atom stereocenters. The first-order valence-corrected chi connectivity index (χ1v) is 9.72. The van der Waals surface area contributed by atoms with E-state index in [0.29, 0.717) is 0 Å². The summed E-state index contributed by atoms with van der Waals surface area (Å²) < 4.78 is 5.40. The van der Waals surface area contributed by atoms with Gasteiger partial charge in [0, 0.05) is 63.9 Å². The maximum Gasteiger partial charge on any atom is 0.321 e. The number of piperazine rings is 1. The molecule has 2 aromatic rings. The lowest BCUT2D eigenvalue weighted by molar-refractivity contribution is 0.0311. The minimum Gasteiger partial charge on any atom is -0.379 e. The summed E-state index contributed by atoms with van der Waals surface area (Å²) in [6.45, 7) is 9.24. The molecule has 0 radical (unpaired) electrons. The van der Waals surface area contributed by atoms with Crippen LogP contribution in [-0.4, -0.2) is 91.3 Å². The molecule has 2 aliphatic rings. The molecule has 1 N–H and O–H groups in total. The number of morpholine rings is 1. The van der Waals surface area contributed by atoms with Gasteiger partial charge >= 0.3 is 6.03 Å². The topological polar surface area (TPSA) is 60.9 Å². The largest absolute Gasteiger partial charge is 0.379 e. The summed E-state index contributed by atoms with van der Waals surface area (Å²) >= 11 is 0. The first-order chi connectivity index (χ1) is 13.3. The number of benzene rings is 1. The van der Waals surface area contributed by atoms with Gasteiger partial charge in [0.1, 0.15) is 0 Å². The van der Waals surface area contributed by atoms with E-state index in [1.54, 1.807) is 6.20 Å². The van der Waals surface area contributed by atoms with E-state index in [1.807, 2.05) is 35.2 Å². The highest BCUT2D eigenvalue weighted by atomic mass is 16.5. The molecule has 0 atom stereocenters. The summed E-state index contributed by atoms with van der Waals surface area (Å²) in [4.78, 5) is 23.9. The van der Waals surface area contributed by atoms with Gasteiger partial charge in [-0.1, -0.05) is 18.2 Å². The highest BCUT2D eigenvalue weighted by molar-refractivity contribution is 5.99. The molecule has 7 heteroatoms. The second-order valence-corrected chi connectivity index (χ2v) is 7.09. The normalized spacial score (nSPS) is 19.3. The van der Waals surface area contributed by atoms with Crippen LogP contribution in [0, 0.1) is 0 Å². The Bertz CT molecular complexity index is 765. The first-order valence-electron chi connectivity index (χ1n) is 9.72. The molecule has 2 aliphatic heterocycles. The van der Waals surface area contributed by atoms with Crippen molar-refractivity contribution < 1.29 is 9.53 Å². The summed E-state index contributed by atoms with van der Waals surface area (Å²) in [7, 11) is 0. The van der Waals surface area contributed by atoms with Crippen molar-refractivity contribution in [3.05, 3.63) is 36.5 Å². The lowest BCUT2D eigenvalue weighted by Gasteiger charge is -2.36. The number of carbonyl (C=O) groups is 1. The maximum atomic E-state index is 12.7. The van der Waals surface area contributed by atoms with Crippen LogP contribution in [0.25, 0.3) is 10.9 Å². The van der Waals surface area contributed by atoms with Gasteiger partial charge in [-0.3, -0.25) is 14.8 Å². The van der Waals surface area contributed by atoms with Crippen LogP contribution in [0.2, 0.25) is 0 Å². The van der Waals surface area contributed by atoms with Crippen LogP contribution >= 0.6 is 0 Å². The highest BCUT2D eigenvalue weighted by Crippen LogP contribution is 2.21. The van der Waals surface area contributed by atoms with Crippen LogP contribution in [-0.2, 0) is 4.74 Å². The van der Waals surface area contributed by atoms with Gasteiger partial charge in [-0.05, 0) is 12.1 Å². The molecule has 0 bridgehead atoms. The quantitative estimate of drug-likeness (QED) is 0.889. The number of fused-ring (bicyclic) bond motifs is 1. The van der Waals surface area contributed by atoms with E-state index in [-0.39, 0.29) is 6.03 Å². The zero-order chi connectivity index (χ0) is 18.5. The van der Waals surface area contributed by atoms with Crippen LogP contribution < -0.4 is 5.32 Å². The highest BCUT2D eigenvalue weighted by Gasteiger charge is 2.22. The maximum absolute atomic E-state index is 12.7. The van der Waals surface area contributed by atoms with Crippen molar-refractivity contribution in [1.82, 2.24) is 19.7 Å². The predicted molar refractivity (Wildman–Crippen MR) is 106 cm³/mol. The molecular weight excluding hydrogens is 342 g/mol. The molecule has 1 aromatic heterocycles. The van der Waals surface area contributed by atoms with E-state index in [2.05, 4.69) is 20.1 Å². The Morgan fingerprint density at radius 2 is 1.67 bits per heavy atom. The Hall–Kier alpha value is -2.22. The van der Waals surface area contributed by atoms with E-state index in [1.165, 1.54) is 0 Å². The Labute approximate surface area is 159 Å². The molecule has 0 aliphatic carbocycles. The fourth-order valence-corrected chi connectivity index (χ4v) is 3.68. The molecule has 2 fully saturated rings. The van der Waals surface area contributed by atoms with Gasteiger partial charge in [0.05, 0.1) is 24.4 Å². The number of nitrogens with one attached hydrogen (secondary N) is 1. The number of anilines is 1. The van der Waals surface area contributed by atoms with Crippen molar-refractivity contribution in [2.45, 2.75) is 0 Å². The number of hydrogen-bond acceptors (Lipinski definition) is 5. The predicted octanol–water partition coefficient (Wildman–Crippen LogP) is 1.72. The number of ether oxygens (including phenoxy) is 1. The second kappa shape index (κ2) is 8.65. The van der Waals surface area contributed by atoms with Crippen LogP contribution in [0.15, 0.2) is 36.5 Å². The zero-order valence-electron chi connectivity index (χ0n) is 15.6. The van der Waals surface area contributed by atoms with E-state index in [9.17, 15) is 4.79 Å². The molecule has 0 spiro atoms. The lowest BCUT2D eigenvalue weighted by atomic mass is 10.2. The van der Waals surface area contributed by atoms with Crippen LogP contribution in [0.1, 0.15) is 0 Å². The standard InChI is InChI=1S/C20H27N5O2/c26-20(22-18-5-1-3-17-4-2-6-21-19(17)18)25-11-9-23(10-12-25)7-8-24-13-15-27-16-14-24/h1-6H,7-16H2,(H,22,26). The average Bonchev–Trinajstić information content (AvgIpc) is 2.74. The van der Waals surface area contributed by atoms with Gasteiger partial charge in [0.15, 0.2) is 0 Å². The third-order valence-corrected chi connectivity index (χ3v) is 5.37. The van der Waals surface area contributed by atoms with Crippen molar-refractivity contribution in [2.24, 2.45) is 0 Å². The third-order valence-electron chi connectivity index (χ3n) is 5.37. The molecule has 0 saturated carbocycles. The summed E-state index contributed by atoms with van der Waals surface area (Å²) in [5.41, 5.74) is 1.60. The molecule has 1 aromatic carbocycles. The Kier molecular flexibility index (Phi) is 5.81. The lowest BCUT2D eigenvalue weighted by Crippen LogP contribution is -2.51. The number of nitrogens with zero attached hydrogens (tertiary/aromatic N) is 4. The van der Waals surface area contributed by atoms with Crippen LogP contribution in [0.3, 0.4) is 0 Å². The van der Waals surface area contributed by atoms with Crippen molar-refractivity contribution in [3.8, 4) is 0 Å². The molecule has 144 valence electrons. The number of hydrogen-bond donors (Lipinski definition) is 1. The first kappa shape index (κ1) is 18.2. The number of aromatic nitrogens is 1. The zero-order valence-corrected chi connectivity index (χ0v) is 15.6. The summed E-state index contributed by atoms with van der Waals surface area (Å²) in [6, 6.07) is 9.73. The van der Waals surface area contributed by atoms with Gasteiger partial charge < -0.3 is 15.0 Å². The number of pyridine rings is 1. The van der Waals surface area contributed by atoms with Gasteiger partial charge in [-0.25, -0.2) is 4.79 Å². The number of rotatable bonds is 4. The summed E-state index contributed by atoms with van der Waals surface area (Å²) in [6.07, 6.45) is 1.76. The smallest absolute Gasteiger partial charge is 0.321 e. The summed E-state index contributed by atoms with van der Waals surface area (Å²) in [5, 5.41) is 4.07. The van der Waals surface area contributed by atoms with Gasteiger partial charge in [-0.15, -0.1) is 0 Å². The van der Waals surface area contributed by atoms with E-state index in [4.69, 9.17) is 4.74 Å². The second-order valence-electron chi connectivity index (χ2n) is 7.09. The molecule has 27 heavy (non-hydrogen) atoms. The van der Waals surface area contributed by atoms with E-state index < -0.39 is 0 Å². The van der Waals surface area contributed by atoms with Crippen LogP contribution in [0.4, 0.5) is 10.5 Å². The van der Waals surface area contributed by atoms with Gasteiger partial charge in [0.2, 0.25) is 0 Å².